The van der Waals surface area contributed by atoms with Crippen molar-refractivity contribution in [3.05, 3.63) is 81.4 Å². The van der Waals surface area contributed by atoms with Gasteiger partial charge >= 0.3 is 0 Å². The number of rotatable bonds is 15. The zero-order chi connectivity index (χ0) is 30.2. The minimum absolute atomic E-state index is 0.0786. The number of nitrogens with zero attached hydrogens (tertiary/aromatic N) is 1. The van der Waals surface area contributed by atoms with Crippen molar-refractivity contribution in [2.45, 2.75) is 77.5 Å². The molecular weight excluding hydrogens is 560 g/mol. The molecule has 3 aromatic rings. The first kappa shape index (κ1) is 31.5. The highest BCUT2D eigenvalue weighted by Crippen LogP contribution is 2.43. The van der Waals surface area contributed by atoms with Crippen LogP contribution in [0.1, 0.15) is 72.9 Å². The number of fused-ring (bicyclic) bond motifs is 1. The maximum Gasteiger partial charge on any atom is 0.139 e. The van der Waals surface area contributed by atoms with Gasteiger partial charge in [0.15, 0.2) is 0 Å². The summed E-state index contributed by atoms with van der Waals surface area (Å²) in [7, 11) is 0. The Hall–Kier alpha value is -2.90. The molecule has 0 radical (unpaired) electrons. The largest absolute Gasteiger partial charge is 0.493 e. The van der Waals surface area contributed by atoms with Crippen LogP contribution in [0, 0.1) is 6.92 Å². The minimum atomic E-state index is -0.593. The fourth-order valence-electron chi connectivity index (χ4n) is 6.47. The molecule has 1 unspecified atom stereocenters. The summed E-state index contributed by atoms with van der Waals surface area (Å²) in [5.41, 5.74) is 8.33. The van der Waals surface area contributed by atoms with Crippen molar-refractivity contribution in [3.63, 3.8) is 0 Å². The molecule has 1 fully saturated rings. The van der Waals surface area contributed by atoms with E-state index in [9.17, 15) is 9.90 Å². The van der Waals surface area contributed by atoms with Gasteiger partial charge in [-0.15, -0.1) is 0 Å². The summed E-state index contributed by atoms with van der Waals surface area (Å²) in [6, 6.07) is 16.3. The van der Waals surface area contributed by atoms with E-state index in [0.717, 1.165) is 68.4 Å². The fraction of sp³-hybridized carbons (Fsp3) is 0.472. The summed E-state index contributed by atoms with van der Waals surface area (Å²) in [5, 5.41) is 13.0. The molecule has 5 rings (SSSR count). The Balaban J connectivity index is 1.31. The lowest BCUT2D eigenvalue weighted by molar-refractivity contribution is -0.110. The standard InChI is InChI=1S/C36H45ClN2O4/c1-3-9-26-21-36(33(37)20-27(26)22-38-28(23-40)24-41)43-35-15-14-31-30(11-6-12-32(31)35)29-10-7-13-34(25(29)2)42-19-8-18-39-16-4-5-17-39/h6-7,10-13,20-21,23,28,35,38,41H,3-5,8-9,14-19,22,24H2,1-2H3/t28?,35-/m0/s1. The summed E-state index contributed by atoms with van der Waals surface area (Å²) in [5.74, 6) is 1.65. The molecule has 1 heterocycles. The van der Waals surface area contributed by atoms with Crippen LogP contribution in [0.3, 0.4) is 0 Å². The second kappa shape index (κ2) is 15.2. The Bertz CT molecular complexity index is 1390. The summed E-state index contributed by atoms with van der Waals surface area (Å²) < 4.78 is 12.9. The van der Waals surface area contributed by atoms with Crippen molar-refractivity contribution in [1.29, 1.82) is 0 Å². The van der Waals surface area contributed by atoms with Crippen molar-refractivity contribution in [2.75, 3.05) is 32.8 Å². The number of hydrogen-bond acceptors (Lipinski definition) is 6. The van der Waals surface area contributed by atoms with E-state index in [4.69, 9.17) is 21.1 Å². The van der Waals surface area contributed by atoms with Gasteiger partial charge in [-0.05, 0) is 116 Å². The van der Waals surface area contributed by atoms with Crippen LogP contribution in [0.5, 0.6) is 11.5 Å². The highest BCUT2D eigenvalue weighted by molar-refractivity contribution is 6.32. The number of carbonyl (C=O) groups excluding carboxylic acids is 1. The number of ether oxygens (including phenoxy) is 2. The van der Waals surface area contributed by atoms with Crippen LogP contribution in [-0.2, 0) is 24.2 Å². The Kier molecular flexibility index (Phi) is 11.1. The summed E-state index contributed by atoms with van der Waals surface area (Å²) in [6.07, 6.45) is 8.01. The third kappa shape index (κ3) is 7.61. The van der Waals surface area contributed by atoms with Crippen molar-refractivity contribution < 1.29 is 19.4 Å². The van der Waals surface area contributed by atoms with Crippen LogP contribution in [0.25, 0.3) is 11.1 Å². The molecule has 2 atom stereocenters. The third-order valence-corrected chi connectivity index (χ3v) is 9.12. The molecule has 43 heavy (non-hydrogen) atoms. The highest BCUT2D eigenvalue weighted by atomic mass is 35.5. The normalized spacial score (nSPS) is 17.2. The number of aryl methyl sites for hydroxylation is 1. The molecule has 230 valence electrons. The zero-order valence-electron chi connectivity index (χ0n) is 25.5. The van der Waals surface area contributed by atoms with Gasteiger partial charge in [-0.3, -0.25) is 0 Å². The molecule has 0 saturated carbocycles. The predicted molar refractivity (Wildman–Crippen MR) is 173 cm³/mol. The summed E-state index contributed by atoms with van der Waals surface area (Å²) >= 11 is 6.76. The Morgan fingerprint density at radius 3 is 2.65 bits per heavy atom. The van der Waals surface area contributed by atoms with Crippen molar-refractivity contribution >= 4 is 17.9 Å². The number of aliphatic hydroxyl groups is 1. The first-order chi connectivity index (χ1) is 21.0. The van der Waals surface area contributed by atoms with Gasteiger partial charge < -0.3 is 29.6 Å². The molecule has 2 aliphatic rings. The van der Waals surface area contributed by atoms with E-state index in [1.165, 1.54) is 53.7 Å². The zero-order valence-corrected chi connectivity index (χ0v) is 26.3. The predicted octanol–water partition coefficient (Wildman–Crippen LogP) is 6.85. The Morgan fingerprint density at radius 2 is 1.88 bits per heavy atom. The van der Waals surface area contributed by atoms with E-state index >= 15 is 0 Å². The molecule has 0 spiro atoms. The molecule has 1 saturated heterocycles. The fourth-order valence-corrected chi connectivity index (χ4v) is 6.70. The summed E-state index contributed by atoms with van der Waals surface area (Å²) in [4.78, 5) is 13.7. The van der Waals surface area contributed by atoms with Crippen LogP contribution in [0.2, 0.25) is 5.02 Å². The molecule has 3 aromatic carbocycles. The van der Waals surface area contributed by atoms with E-state index in [1.54, 1.807) is 0 Å². The number of halogens is 1. The number of carbonyl (C=O) groups is 1. The summed E-state index contributed by atoms with van der Waals surface area (Å²) in [6.45, 7) is 8.81. The Morgan fingerprint density at radius 1 is 1.09 bits per heavy atom. The van der Waals surface area contributed by atoms with Gasteiger partial charge in [-0.1, -0.05) is 55.3 Å². The monoisotopic (exact) mass is 604 g/mol. The first-order valence-electron chi connectivity index (χ1n) is 15.9. The number of benzene rings is 3. The highest BCUT2D eigenvalue weighted by Gasteiger charge is 2.28. The van der Waals surface area contributed by atoms with E-state index in [0.29, 0.717) is 17.3 Å². The number of aldehydes is 1. The van der Waals surface area contributed by atoms with E-state index < -0.39 is 6.04 Å². The third-order valence-electron chi connectivity index (χ3n) is 8.82. The van der Waals surface area contributed by atoms with Crippen LogP contribution < -0.4 is 14.8 Å². The smallest absolute Gasteiger partial charge is 0.139 e. The number of hydrogen-bond donors (Lipinski definition) is 2. The first-order valence-corrected chi connectivity index (χ1v) is 16.2. The molecule has 6 nitrogen and oxygen atoms in total. The lowest BCUT2D eigenvalue weighted by Crippen LogP contribution is -2.33. The van der Waals surface area contributed by atoms with Crippen LogP contribution >= 0.6 is 11.6 Å². The number of nitrogens with one attached hydrogen (secondary N) is 1. The molecule has 2 N–H and O–H groups in total. The van der Waals surface area contributed by atoms with Crippen molar-refractivity contribution in [2.24, 2.45) is 0 Å². The molecule has 0 aromatic heterocycles. The molecule has 0 amide bonds. The number of likely N-dealkylation sites (tertiary alicyclic amines) is 1. The second-order valence-electron chi connectivity index (χ2n) is 11.8. The van der Waals surface area contributed by atoms with E-state index in [-0.39, 0.29) is 12.7 Å². The molecule has 1 aliphatic carbocycles. The topological polar surface area (TPSA) is 71.0 Å². The van der Waals surface area contributed by atoms with E-state index in [1.807, 2.05) is 12.1 Å². The van der Waals surface area contributed by atoms with Gasteiger partial charge in [0.2, 0.25) is 0 Å². The second-order valence-corrected chi connectivity index (χ2v) is 12.2. The minimum Gasteiger partial charge on any atom is -0.493 e. The molecule has 7 heteroatoms. The molecular formula is C36H45ClN2O4. The van der Waals surface area contributed by atoms with Crippen LogP contribution in [0.4, 0.5) is 0 Å². The van der Waals surface area contributed by atoms with Crippen LogP contribution in [0.15, 0.2) is 48.5 Å². The Labute approximate surface area is 261 Å². The quantitative estimate of drug-likeness (QED) is 0.146. The van der Waals surface area contributed by atoms with Gasteiger partial charge in [0, 0.05) is 13.1 Å². The van der Waals surface area contributed by atoms with Crippen molar-refractivity contribution in [1.82, 2.24) is 10.2 Å². The van der Waals surface area contributed by atoms with Crippen molar-refractivity contribution in [3.8, 4) is 22.6 Å². The molecule has 1 aliphatic heterocycles. The lowest BCUT2D eigenvalue weighted by atomic mass is 9.93. The average molecular weight is 605 g/mol. The maximum absolute atomic E-state index is 11.2. The van der Waals surface area contributed by atoms with Crippen LogP contribution in [-0.4, -0.2) is 55.2 Å². The van der Waals surface area contributed by atoms with E-state index in [2.05, 4.69) is 60.5 Å². The van der Waals surface area contributed by atoms with Gasteiger partial charge in [-0.25, -0.2) is 0 Å². The SMILES string of the molecule is CCCc1cc(O[C@H]2CCc3c(-c4cccc(OCCCN5CCCC5)c4C)cccc32)c(Cl)cc1CNC(C=O)CO. The maximum atomic E-state index is 11.2. The molecule has 0 bridgehead atoms. The van der Waals surface area contributed by atoms with Gasteiger partial charge in [0.1, 0.15) is 23.9 Å². The van der Waals surface area contributed by atoms with Gasteiger partial charge in [-0.2, -0.15) is 0 Å². The lowest BCUT2D eigenvalue weighted by Gasteiger charge is -2.20. The number of aliphatic hydroxyl groups excluding tert-OH is 1. The van der Waals surface area contributed by atoms with Gasteiger partial charge in [0.25, 0.3) is 0 Å². The van der Waals surface area contributed by atoms with Gasteiger partial charge in [0.05, 0.1) is 24.3 Å². The average Bonchev–Trinajstić information content (AvgIpc) is 3.69.